The molecule has 0 radical (unpaired) electrons. The number of hydrogen-bond donors (Lipinski definition) is 0. The van der Waals surface area contributed by atoms with Crippen molar-refractivity contribution >= 4 is 5.78 Å². The number of carbonyl (C=O) groups is 1. The lowest BCUT2D eigenvalue weighted by molar-refractivity contribution is -0.0441. The average molecular weight is 255 g/mol. The highest BCUT2D eigenvalue weighted by Gasteiger charge is 2.19. The van der Waals surface area contributed by atoms with Gasteiger partial charge < -0.3 is 9.47 Å². The first-order valence-corrected chi connectivity index (χ1v) is 6.12. The second-order valence-electron chi connectivity index (χ2n) is 4.26. The Balaban J connectivity index is 1.89. The normalized spacial score (nSPS) is 15.6. The number of nitrogens with zero attached hydrogens (tertiary/aromatic N) is 1. The van der Waals surface area contributed by atoms with Gasteiger partial charge in [-0.1, -0.05) is 18.2 Å². The van der Waals surface area contributed by atoms with Crippen LogP contribution in [-0.4, -0.2) is 24.0 Å². The van der Waals surface area contributed by atoms with Crippen molar-refractivity contribution in [1.82, 2.24) is 4.98 Å². The molecule has 0 saturated carbocycles. The van der Waals surface area contributed by atoms with E-state index < -0.39 is 0 Å². The van der Waals surface area contributed by atoms with Crippen LogP contribution in [0.4, 0.5) is 0 Å². The van der Waals surface area contributed by atoms with Gasteiger partial charge >= 0.3 is 0 Å². The molecule has 4 heteroatoms. The molecule has 2 aromatic rings. The van der Waals surface area contributed by atoms with Crippen LogP contribution in [0.25, 0.3) is 0 Å². The largest absolute Gasteiger partial charge is 0.346 e. The van der Waals surface area contributed by atoms with E-state index in [9.17, 15) is 4.79 Å². The number of benzene rings is 1. The highest BCUT2D eigenvalue weighted by atomic mass is 16.7. The first-order valence-electron chi connectivity index (χ1n) is 6.12. The number of ether oxygens (including phenoxy) is 2. The third-order valence-corrected chi connectivity index (χ3v) is 2.99. The van der Waals surface area contributed by atoms with Crippen LogP contribution in [0.5, 0.6) is 0 Å². The molecule has 0 amide bonds. The Kier molecular flexibility index (Phi) is 3.35. The van der Waals surface area contributed by atoms with Gasteiger partial charge in [-0.15, -0.1) is 0 Å². The second kappa shape index (κ2) is 5.30. The van der Waals surface area contributed by atoms with E-state index in [0.29, 0.717) is 24.3 Å². The monoisotopic (exact) mass is 255 g/mol. The van der Waals surface area contributed by atoms with Gasteiger partial charge in [0.2, 0.25) is 0 Å². The molecule has 1 aliphatic heterocycles. The van der Waals surface area contributed by atoms with Gasteiger partial charge in [0.05, 0.1) is 13.2 Å². The third-order valence-electron chi connectivity index (χ3n) is 2.99. The molecule has 1 aromatic carbocycles. The number of rotatable bonds is 3. The van der Waals surface area contributed by atoms with Crippen LogP contribution in [0.15, 0.2) is 48.8 Å². The summed E-state index contributed by atoms with van der Waals surface area (Å²) in [6.45, 7) is 1.18. The van der Waals surface area contributed by atoms with E-state index in [1.54, 1.807) is 30.6 Å². The maximum Gasteiger partial charge on any atom is 0.193 e. The molecule has 0 atom stereocenters. The molecule has 2 heterocycles. The van der Waals surface area contributed by atoms with E-state index in [1.807, 2.05) is 18.2 Å². The summed E-state index contributed by atoms with van der Waals surface area (Å²) in [6, 6.07) is 10.8. The molecular weight excluding hydrogens is 242 g/mol. The Morgan fingerprint density at radius 3 is 2.53 bits per heavy atom. The van der Waals surface area contributed by atoms with Crippen LogP contribution >= 0.6 is 0 Å². The molecule has 0 unspecified atom stereocenters. The van der Waals surface area contributed by atoms with Crippen molar-refractivity contribution in [3.8, 4) is 0 Å². The van der Waals surface area contributed by atoms with Gasteiger partial charge in [-0.05, 0) is 18.2 Å². The van der Waals surface area contributed by atoms with Gasteiger partial charge in [-0.3, -0.25) is 9.78 Å². The summed E-state index contributed by atoms with van der Waals surface area (Å²) in [5.41, 5.74) is 2.13. The standard InChI is InChI=1S/C15H13NO3/c17-14(11-4-6-16-7-5-11)12-2-1-3-13(10-12)15-18-8-9-19-15/h1-7,10,15H,8-9H2. The van der Waals surface area contributed by atoms with Gasteiger partial charge in [0.1, 0.15) is 0 Å². The SMILES string of the molecule is O=C(c1ccncc1)c1cccc(C2OCCO2)c1. The highest BCUT2D eigenvalue weighted by molar-refractivity contribution is 6.08. The molecule has 0 aliphatic carbocycles. The van der Waals surface area contributed by atoms with Crippen LogP contribution < -0.4 is 0 Å². The molecule has 0 spiro atoms. The van der Waals surface area contributed by atoms with Crippen molar-refractivity contribution < 1.29 is 14.3 Å². The lowest BCUT2D eigenvalue weighted by Gasteiger charge is -2.10. The lowest BCUT2D eigenvalue weighted by atomic mass is 10.0. The van der Waals surface area contributed by atoms with Crippen LogP contribution in [0.3, 0.4) is 0 Å². The predicted octanol–water partition coefficient (Wildman–Crippen LogP) is 2.36. The smallest absolute Gasteiger partial charge is 0.193 e. The number of ketones is 1. The second-order valence-corrected chi connectivity index (χ2v) is 4.26. The minimum Gasteiger partial charge on any atom is -0.346 e. The molecule has 19 heavy (non-hydrogen) atoms. The van der Waals surface area contributed by atoms with Crippen LogP contribution in [0.2, 0.25) is 0 Å². The van der Waals surface area contributed by atoms with E-state index in [-0.39, 0.29) is 12.1 Å². The Bertz CT molecular complexity index is 577. The predicted molar refractivity (Wildman–Crippen MR) is 68.8 cm³/mol. The van der Waals surface area contributed by atoms with Gasteiger partial charge in [0.25, 0.3) is 0 Å². The molecule has 1 aromatic heterocycles. The quantitative estimate of drug-likeness (QED) is 0.790. The summed E-state index contributed by atoms with van der Waals surface area (Å²) in [4.78, 5) is 16.2. The Morgan fingerprint density at radius 1 is 1.05 bits per heavy atom. The van der Waals surface area contributed by atoms with Gasteiger partial charge in [0.15, 0.2) is 12.1 Å². The zero-order chi connectivity index (χ0) is 13.1. The molecule has 0 N–H and O–H groups in total. The number of aromatic nitrogens is 1. The topological polar surface area (TPSA) is 48.4 Å². The van der Waals surface area contributed by atoms with Crippen molar-refractivity contribution in [3.05, 3.63) is 65.5 Å². The maximum atomic E-state index is 12.3. The fourth-order valence-electron chi connectivity index (χ4n) is 2.05. The number of carbonyl (C=O) groups excluding carboxylic acids is 1. The average Bonchev–Trinajstić information content (AvgIpc) is 3.02. The van der Waals surface area contributed by atoms with Gasteiger partial charge in [-0.25, -0.2) is 0 Å². The minimum absolute atomic E-state index is 0.0257. The van der Waals surface area contributed by atoms with Crippen molar-refractivity contribution in [1.29, 1.82) is 0 Å². The Morgan fingerprint density at radius 2 is 1.79 bits per heavy atom. The van der Waals surface area contributed by atoms with Crippen LogP contribution in [0.1, 0.15) is 27.8 Å². The van der Waals surface area contributed by atoms with E-state index in [0.717, 1.165) is 5.56 Å². The fourth-order valence-corrected chi connectivity index (χ4v) is 2.05. The summed E-state index contributed by atoms with van der Waals surface area (Å²) in [6.07, 6.45) is 2.87. The van der Waals surface area contributed by atoms with Crippen molar-refractivity contribution in [3.63, 3.8) is 0 Å². The van der Waals surface area contributed by atoms with Crippen molar-refractivity contribution in [2.24, 2.45) is 0 Å². The summed E-state index contributed by atoms with van der Waals surface area (Å²) in [7, 11) is 0. The van der Waals surface area contributed by atoms with Crippen LogP contribution in [0, 0.1) is 0 Å². The summed E-state index contributed by atoms with van der Waals surface area (Å²) in [5.74, 6) is -0.0257. The Hall–Kier alpha value is -2.04. The van der Waals surface area contributed by atoms with E-state index in [4.69, 9.17) is 9.47 Å². The molecular formula is C15H13NO3. The van der Waals surface area contributed by atoms with Crippen molar-refractivity contribution in [2.45, 2.75) is 6.29 Å². The van der Waals surface area contributed by atoms with Crippen molar-refractivity contribution in [2.75, 3.05) is 13.2 Å². The Labute approximate surface area is 111 Å². The minimum atomic E-state index is -0.356. The molecule has 3 rings (SSSR count). The first-order chi connectivity index (χ1) is 9.34. The molecule has 1 aliphatic rings. The zero-order valence-electron chi connectivity index (χ0n) is 10.3. The molecule has 4 nitrogen and oxygen atoms in total. The fraction of sp³-hybridized carbons (Fsp3) is 0.200. The molecule has 1 fully saturated rings. The highest BCUT2D eigenvalue weighted by Crippen LogP contribution is 2.24. The van der Waals surface area contributed by atoms with E-state index >= 15 is 0 Å². The van der Waals surface area contributed by atoms with Gasteiger partial charge in [-0.2, -0.15) is 0 Å². The summed E-state index contributed by atoms with van der Waals surface area (Å²) in [5, 5.41) is 0. The number of pyridine rings is 1. The van der Waals surface area contributed by atoms with Gasteiger partial charge in [0, 0.05) is 29.1 Å². The summed E-state index contributed by atoms with van der Waals surface area (Å²) >= 11 is 0. The molecule has 1 saturated heterocycles. The molecule has 96 valence electrons. The van der Waals surface area contributed by atoms with E-state index in [2.05, 4.69) is 4.98 Å². The van der Waals surface area contributed by atoms with Crippen LogP contribution in [-0.2, 0) is 9.47 Å². The first kappa shape index (κ1) is 12.0. The van der Waals surface area contributed by atoms with E-state index in [1.165, 1.54) is 0 Å². The number of hydrogen-bond acceptors (Lipinski definition) is 4. The molecule has 0 bridgehead atoms. The zero-order valence-corrected chi connectivity index (χ0v) is 10.3. The third kappa shape index (κ3) is 2.54. The lowest BCUT2D eigenvalue weighted by Crippen LogP contribution is -2.04. The maximum absolute atomic E-state index is 12.3. The summed E-state index contributed by atoms with van der Waals surface area (Å²) < 4.78 is 10.9.